The molecule has 1 unspecified atom stereocenters. The summed E-state index contributed by atoms with van der Waals surface area (Å²) in [5.41, 5.74) is 2.60. The van der Waals surface area contributed by atoms with Crippen LogP contribution < -0.4 is 5.69 Å². The lowest BCUT2D eigenvalue weighted by molar-refractivity contribution is 0.113. The molecule has 6 nitrogen and oxygen atoms in total. The van der Waals surface area contributed by atoms with Crippen molar-refractivity contribution >= 4 is 5.65 Å². The van der Waals surface area contributed by atoms with Crippen LogP contribution in [0.4, 0.5) is 0 Å². The van der Waals surface area contributed by atoms with Gasteiger partial charge >= 0.3 is 5.69 Å². The number of benzene rings is 1. The van der Waals surface area contributed by atoms with Crippen LogP contribution in [0.1, 0.15) is 24.2 Å². The molecule has 3 aromatic rings. The Bertz CT molecular complexity index is 882. The summed E-state index contributed by atoms with van der Waals surface area (Å²) < 4.78 is 3.02. The highest BCUT2D eigenvalue weighted by atomic mass is 16.3. The molecule has 25 heavy (non-hydrogen) atoms. The lowest BCUT2D eigenvalue weighted by Gasteiger charge is -2.23. The zero-order valence-electron chi connectivity index (χ0n) is 14.7. The van der Waals surface area contributed by atoms with Crippen LogP contribution in [0.2, 0.25) is 0 Å². The number of fused-ring (bicyclic) bond motifs is 1. The van der Waals surface area contributed by atoms with Crippen LogP contribution >= 0.6 is 0 Å². The molecule has 0 amide bonds. The molecular formula is C19H24N4O2. The molecular weight excluding hydrogens is 316 g/mol. The van der Waals surface area contributed by atoms with Crippen molar-refractivity contribution in [2.24, 2.45) is 0 Å². The molecule has 3 rings (SSSR count). The molecule has 2 aromatic heterocycles. The third kappa shape index (κ3) is 3.97. The van der Waals surface area contributed by atoms with Crippen molar-refractivity contribution in [1.29, 1.82) is 0 Å². The molecule has 0 aliphatic carbocycles. The summed E-state index contributed by atoms with van der Waals surface area (Å²) in [7, 11) is 0. The fourth-order valence-corrected chi connectivity index (χ4v) is 2.87. The summed E-state index contributed by atoms with van der Waals surface area (Å²) in [5.74, 6) is 0. The molecule has 1 N–H and O–H groups in total. The zero-order chi connectivity index (χ0) is 17.8. The van der Waals surface area contributed by atoms with Gasteiger partial charge in [0, 0.05) is 19.3 Å². The van der Waals surface area contributed by atoms with Gasteiger partial charge in [0.25, 0.3) is 0 Å². The predicted molar refractivity (Wildman–Crippen MR) is 97.7 cm³/mol. The minimum Gasteiger partial charge on any atom is -0.387 e. The number of aliphatic hydroxyl groups excluding tert-OH is 1. The maximum absolute atomic E-state index is 12.3. The first-order valence-corrected chi connectivity index (χ1v) is 8.59. The first-order valence-electron chi connectivity index (χ1n) is 8.59. The van der Waals surface area contributed by atoms with Gasteiger partial charge in [-0.25, -0.2) is 9.48 Å². The number of aromatic nitrogens is 3. The van der Waals surface area contributed by atoms with Crippen molar-refractivity contribution in [3.8, 4) is 0 Å². The van der Waals surface area contributed by atoms with E-state index in [1.165, 1.54) is 14.6 Å². The maximum Gasteiger partial charge on any atom is 0.350 e. The van der Waals surface area contributed by atoms with Crippen LogP contribution in [0.15, 0.2) is 53.5 Å². The summed E-state index contributed by atoms with van der Waals surface area (Å²) in [6.07, 6.45) is 1.18. The monoisotopic (exact) mass is 340 g/mol. The van der Waals surface area contributed by atoms with E-state index < -0.39 is 6.10 Å². The fraction of sp³-hybridized carbons (Fsp3) is 0.368. The lowest BCUT2D eigenvalue weighted by Crippen LogP contribution is -2.34. The number of likely N-dealkylation sites (N-methyl/N-ethyl adjacent to an activating group) is 1. The van der Waals surface area contributed by atoms with Crippen molar-refractivity contribution in [2.75, 3.05) is 19.6 Å². The van der Waals surface area contributed by atoms with E-state index in [0.717, 1.165) is 12.1 Å². The Kier molecular flexibility index (Phi) is 5.31. The van der Waals surface area contributed by atoms with Crippen molar-refractivity contribution < 1.29 is 5.11 Å². The molecule has 0 bridgehead atoms. The van der Waals surface area contributed by atoms with E-state index in [0.29, 0.717) is 25.3 Å². The standard InChI is InChI=1S/C19H24N4O2/c1-3-21(14-17(24)16-9-7-15(2)8-10-16)12-13-23-19(25)22-11-5-4-6-18(22)20-23/h4-11,17,24H,3,12-14H2,1-2H3. The summed E-state index contributed by atoms with van der Waals surface area (Å²) in [4.78, 5) is 14.4. The van der Waals surface area contributed by atoms with Gasteiger partial charge in [0.05, 0.1) is 12.6 Å². The number of hydrogen-bond acceptors (Lipinski definition) is 4. The summed E-state index contributed by atoms with van der Waals surface area (Å²) in [6, 6.07) is 13.4. The van der Waals surface area contributed by atoms with E-state index >= 15 is 0 Å². The number of pyridine rings is 1. The summed E-state index contributed by atoms with van der Waals surface area (Å²) in [6.45, 7) is 6.56. The highest BCUT2D eigenvalue weighted by Gasteiger charge is 2.13. The van der Waals surface area contributed by atoms with Gasteiger partial charge in [0.1, 0.15) is 0 Å². The molecule has 1 aromatic carbocycles. The average Bonchev–Trinajstić information content (AvgIpc) is 2.95. The third-order valence-electron chi connectivity index (χ3n) is 4.46. The van der Waals surface area contributed by atoms with Gasteiger partial charge in [-0.2, -0.15) is 0 Å². The highest BCUT2D eigenvalue weighted by molar-refractivity contribution is 5.35. The van der Waals surface area contributed by atoms with Crippen LogP contribution in [0.3, 0.4) is 0 Å². The van der Waals surface area contributed by atoms with E-state index in [1.807, 2.05) is 56.3 Å². The van der Waals surface area contributed by atoms with E-state index in [9.17, 15) is 9.90 Å². The van der Waals surface area contributed by atoms with Crippen LogP contribution in [-0.2, 0) is 6.54 Å². The van der Waals surface area contributed by atoms with Crippen LogP contribution in [0.5, 0.6) is 0 Å². The second-order valence-electron chi connectivity index (χ2n) is 6.25. The highest BCUT2D eigenvalue weighted by Crippen LogP contribution is 2.15. The zero-order valence-corrected chi connectivity index (χ0v) is 14.7. The number of aryl methyl sites for hydroxylation is 1. The van der Waals surface area contributed by atoms with Gasteiger partial charge in [0.2, 0.25) is 0 Å². The molecule has 0 saturated heterocycles. The second kappa shape index (κ2) is 7.63. The fourth-order valence-electron chi connectivity index (χ4n) is 2.87. The summed E-state index contributed by atoms with van der Waals surface area (Å²) >= 11 is 0. The second-order valence-corrected chi connectivity index (χ2v) is 6.25. The van der Waals surface area contributed by atoms with Gasteiger partial charge in [-0.3, -0.25) is 9.30 Å². The van der Waals surface area contributed by atoms with Gasteiger partial charge in [-0.1, -0.05) is 42.8 Å². The van der Waals surface area contributed by atoms with E-state index in [4.69, 9.17) is 0 Å². The predicted octanol–water partition coefficient (Wildman–Crippen LogP) is 1.86. The van der Waals surface area contributed by atoms with Gasteiger partial charge in [-0.05, 0) is 31.2 Å². The Morgan fingerprint density at radius 3 is 2.64 bits per heavy atom. The van der Waals surface area contributed by atoms with Gasteiger partial charge in [0.15, 0.2) is 5.65 Å². The molecule has 0 aliphatic rings. The Morgan fingerprint density at radius 2 is 1.96 bits per heavy atom. The summed E-state index contributed by atoms with van der Waals surface area (Å²) in [5, 5.41) is 14.8. The number of rotatable bonds is 7. The molecule has 0 saturated carbocycles. The smallest absolute Gasteiger partial charge is 0.350 e. The van der Waals surface area contributed by atoms with Crippen LogP contribution in [0.25, 0.3) is 5.65 Å². The number of nitrogens with zero attached hydrogens (tertiary/aromatic N) is 4. The average molecular weight is 340 g/mol. The first kappa shape index (κ1) is 17.4. The van der Waals surface area contributed by atoms with Crippen molar-refractivity contribution in [3.05, 3.63) is 70.3 Å². The molecule has 0 radical (unpaired) electrons. The maximum atomic E-state index is 12.3. The normalized spacial score (nSPS) is 12.8. The minimum atomic E-state index is -0.543. The number of hydrogen-bond donors (Lipinski definition) is 1. The molecule has 2 heterocycles. The van der Waals surface area contributed by atoms with Gasteiger partial charge < -0.3 is 5.11 Å². The minimum absolute atomic E-state index is 0.134. The SMILES string of the molecule is CCN(CCn1nc2ccccn2c1=O)CC(O)c1ccc(C)cc1. The largest absolute Gasteiger partial charge is 0.387 e. The Balaban J connectivity index is 1.64. The topological polar surface area (TPSA) is 62.8 Å². The van der Waals surface area contributed by atoms with Crippen molar-refractivity contribution in [3.63, 3.8) is 0 Å². The van der Waals surface area contributed by atoms with E-state index in [1.54, 1.807) is 6.20 Å². The van der Waals surface area contributed by atoms with E-state index in [2.05, 4.69) is 10.00 Å². The lowest BCUT2D eigenvalue weighted by atomic mass is 10.1. The third-order valence-corrected chi connectivity index (χ3v) is 4.46. The molecule has 6 heteroatoms. The molecule has 0 fully saturated rings. The molecule has 0 spiro atoms. The van der Waals surface area contributed by atoms with Crippen molar-refractivity contribution in [2.45, 2.75) is 26.5 Å². The number of aliphatic hydroxyl groups is 1. The van der Waals surface area contributed by atoms with Gasteiger partial charge in [-0.15, -0.1) is 5.10 Å². The first-order chi connectivity index (χ1) is 12.1. The molecule has 1 atom stereocenters. The molecule has 0 aliphatic heterocycles. The Labute approximate surface area is 146 Å². The van der Waals surface area contributed by atoms with E-state index in [-0.39, 0.29) is 5.69 Å². The Hall–Kier alpha value is -2.44. The van der Waals surface area contributed by atoms with Crippen LogP contribution in [-0.4, -0.2) is 43.8 Å². The Morgan fingerprint density at radius 1 is 1.20 bits per heavy atom. The molecule has 132 valence electrons. The van der Waals surface area contributed by atoms with Crippen molar-refractivity contribution in [1.82, 2.24) is 19.1 Å². The quantitative estimate of drug-likeness (QED) is 0.713. The van der Waals surface area contributed by atoms with Crippen LogP contribution in [0, 0.1) is 6.92 Å².